The van der Waals surface area contributed by atoms with Crippen LogP contribution in [0.4, 0.5) is 5.69 Å². The third kappa shape index (κ3) is 5.31. The molecule has 1 fully saturated rings. The second-order valence-electron chi connectivity index (χ2n) is 8.74. The van der Waals surface area contributed by atoms with Crippen LogP contribution in [0.1, 0.15) is 27.0 Å². The molecular formula is C28H28N4O2S. The standard InChI is InChI=1S/C28H28N4O2S/c1-19-6-3-4-8-24(19)28-31-30-27(34-28)22-12-10-21(11-13-22)26(33)29-25-9-5-7-23(20(25)2)18-32-14-16-35-17-15-32/h3-13H,14-18H2,1-2H3,(H,29,33). The highest BCUT2D eigenvalue weighted by Gasteiger charge is 2.16. The van der Waals surface area contributed by atoms with Crippen LogP contribution in [-0.2, 0) is 6.54 Å². The van der Waals surface area contributed by atoms with Crippen molar-refractivity contribution in [1.82, 2.24) is 15.1 Å². The summed E-state index contributed by atoms with van der Waals surface area (Å²) in [5.74, 6) is 3.13. The molecule has 0 atom stereocenters. The van der Waals surface area contributed by atoms with Gasteiger partial charge in [0.25, 0.3) is 5.91 Å². The number of thioether (sulfide) groups is 1. The minimum Gasteiger partial charge on any atom is -0.416 e. The van der Waals surface area contributed by atoms with E-state index < -0.39 is 0 Å². The lowest BCUT2D eigenvalue weighted by molar-refractivity contribution is 0.102. The number of hydrogen-bond acceptors (Lipinski definition) is 6. The van der Waals surface area contributed by atoms with Crippen molar-refractivity contribution in [2.75, 3.05) is 29.9 Å². The quantitative estimate of drug-likeness (QED) is 0.372. The molecule has 0 bridgehead atoms. The summed E-state index contributed by atoms with van der Waals surface area (Å²) in [6.07, 6.45) is 0. The van der Waals surface area contributed by atoms with Crippen LogP contribution in [-0.4, -0.2) is 45.6 Å². The first-order chi connectivity index (χ1) is 17.1. The molecule has 0 radical (unpaired) electrons. The van der Waals surface area contributed by atoms with E-state index in [0.717, 1.165) is 47.6 Å². The summed E-state index contributed by atoms with van der Waals surface area (Å²) < 4.78 is 5.90. The van der Waals surface area contributed by atoms with Crippen molar-refractivity contribution in [1.29, 1.82) is 0 Å². The number of nitrogens with one attached hydrogen (secondary N) is 1. The largest absolute Gasteiger partial charge is 0.416 e. The average Bonchev–Trinajstić information content (AvgIpc) is 3.37. The van der Waals surface area contributed by atoms with Gasteiger partial charge in [-0.25, -0.2) is 0 Å². The lowest BCUT2D eigenvalue weighted by Crippen LogP contribution is -2.32. The number of amides is 1. The Bertz CT molecular complexity index is 1330. The van der Waals surface area contributed by atoms with Crippen molar-refractivity contribution < 1.29 is 9.21 Å². The lowest BCUT2D eigenvalue weighted by atomic mass is 10.1. The van der Waals surface area contributed by atoms with Gasteiger partial charge in [0, 0.05) is 53.5 Å². The van der Waals surface area contributed by atoms with E-state index in [-0.39, 0.29) is 5.91 Å². The number of rotatable bonds is 6. The molecular weight excluding hydrogens is 456 g/mol. The fraction of sp³-hybridized carbons (Fsp3) is 0.250. The number of nitrogens with zero attached hydrogens (tertiary/aromatic N) is 3. The molecule has 1 amide bonds. The Kier molecular flexibility index (Phi) is 6.97. The average molecular weight is 485 g/mol. The van der Waals surface area contributed by atoms with Gasteiger partial charge in [0.15, 0.2) is 0 Å². The number of carbonyl (C=O) groups is 1. The zero-order chi connectivity index (χ0) is 24.2. The number of aromatic nitrogens is 2. The maximum absolute atomic E-state index is 13.0. The maximum atomic E-state index is 13.0. The smallest absolute Gasteiger partial charge is 0.255 e. The highest BCUT2D eigenvalue weighted by Crippen LogP contribution is 2.27. The van der Waals surface area contributed by atoms with E-state index in [1.165, 1.54) is 17.1 Å². The maximum Gasteiger partial charge on any atom is 0.255 e. The molecule has 1 aliphatic rings. The predicted molar refractivity (Wildman–Crippen MR) is 142 cm³/mol. The first kappa shape index (κ1) is 23.3. The topological polar surface area (TPSA) is 71.3 Å². The van der Waals surface area contributed by atoms with Gasteiger partial charge in [0.2, 0.25) is 11.8 Å². The fourth-order valence-electron chi connectivity index (χ4n) is 4.21. The number of benzene rings is 3. The number of aryl methyl sites for hydroxylation is 1. The van der Waals surface area contributed by atoms with E-state index in [9.17, 15) is 4.79 Å². The Hall–Kier alpha value is -3.42. The van der Waals surface area contributed by atoms with E-state index in [0.29, 0.717) is 17.3 Å². The zero-order valence-electron chi connectivity index (χ0n) is 20.0. The van der Waals surface area contributed by atoms with Crippen molar-refractivity contribution in [2.24, 2.45) is 0 Å². The summed E-state index contributed by atoms with van der Waals surface area (Å²) in [5.41, 5.74) is 6.55. The van der Waals surface area contributed by atoms with Crippen molar-refractivity contribution in [2.45, 2.75) is 20.4 Å². The normalized spacial score (nSPS) is 14.1. The Morgan fingerprint density at radius 3 is 2.46 bits per heavy atom. The second-order valence-corrected chi connectivity index (χ2v) is 9.96. The van der Waals surface area contributed by atoms with Crippen LogP contribution < -0.4 is 5.32 Å². The van der Waals surface area contributed by atoms with E-state index in [1.54, 1.807) is 12.1 Å². The molecule has 178 valence electrons. The third-order valence-corrected chi connectivity index (χ3v) is 7.33. The van der Waals surface area contributed by atoms with Gasteiger partial charge in [0.1, 0.15) is 0 Å². The molecule has 2 heterocycles. The van der Waals surface area contributed by atoms with E-state index in [2.05, 4.69) is 33.4 Å². The zero-order valence-corrected chi connectivity index (χ0v) is 20.8. The van der Waals surface area contributed by atoms with Gasteiger partial charge >= 0.3 is 0 Å². The molecule has 0 spiro atoms. The summed E-state index contributed by atoms with van der Waals surface area (Å²) in [6.45, 7) is 7.23. The van der Waals surface area contributed by atoms with Gasteiger partial charge in [-0.3, -0.25) is 9.69 Å². The fourth-order valence-corrected chi connectivity index (χ4v) is 5.19. The molecule has 5 rings (SSSR count). The first-order valence-corrected chi connectivity index (χ1v) is 12.9. The van der Waals surface area contributed by atoms with E-state index >= 15 is 0 Å². The molecule has 4 aromatic rings. The Morgan fingerprint density at radius 1 is 0.943 bits per heavy atom. The van der Waals surface area contributed by atoms with E-state index in [1.807, 2.05) is 67.2 Å². The summed E-state index contributed by atoms with van der Waals surface area (Å²) >= 11 is 2.01. The molecule has 3 aromatic carbocycles. The third-order valence-electron chi connectivity index (χ3n) is 6.39. The minimum absolute atomic E-state index is 0.141. The van der Waals surface area contributed by atoms with Crippen molar-refractivity contribution >= 4 is 23.4 Å². The van der Waals surface area contributed by atoms with Gasteiger partial charge in [-0.1, -0.05) is 30.3 Å². The summed E-state index contributed by atoms with van der Waals surface area (Å²) in [6, 6.07) is 21.3. The number of carbonyl (C=O) groups excluding carboxylic acids is 1. The molecule has 1 aromatic heterocycles. The molecule has 7 heteroatoms. The summed E-state index contributed by atoms with van der Waals surface area (Å²) in [4.78, 5) is 15.4. The molecule has 0 aliphatic carbocycles. The van der Waals surface area contributed by atoms with Gasteiger partial charge in [-0.15, -0.1) is 10.2 Å². The van der Waals surface area contributed by atoms with Crippen LogP contribution >= 0.6 is 11.8 Å². The van der Waals surface area contributed by atoms with Gasteiger partial charge in [-0.05, 0) is 66.9 Å². The SMILES string of the molecule is Cc1ccccc1-c1nnc(-c2ccc(C(=O)Nc3cccc(CN4CCSCC4)c3C)cc2)o1. The van der Waals surface area contributed by atoms with Crippen LogP contribution in [0.15, 0.2) is 71.1 Å². The molecule has 1 saturated heterocycles. The van der Waals surface area contributed by atoms with Gasteiger partial charge < -0.3 is 9.73 Å². The number of anilines is 1. The molecule has 1 aliphatic heterocycles. The molecule has 0 saturated carbocycles. The minimum atomic E-state index is -0.141. The second kappa shape index (κ2) is 10.5. The Labute approximate surface area is 209 Å². The van der Waals surface area contributed by atoms with Crippen molar-refractivity contribution in [3.8, 4) is 22.9 Å². The van der Waals surface area contributed by atoms with Crippen LogP contribution in [0, 0.1) is 13.8 Å². The molecule has 6 nitrogen and oxygen atoms in total. The summed E-state index contributed by atoms with van der Waals surface area (Å²) in [5, 5.41) is 11.5. The molecule has 35 heavy (non-hydrogen) atoms. The highest BCUT2D eigenvalue weighted by molar-refractivity contribution is 7.99. The van der Waals surface area contributed by atoms with Gasteiger partial charge in [-0.2, -0.15) is 11.8 Å². The first-order valence-electron chi connectivity index (χ1n) is 11.8. The van der Waals surface area contributed by atoms with Crippen LogP contribution in [0.5, 0.6) is 0 Å². The van der Waals surface area contributed by atoms with Crippen molar-refractivity contribution in [3.63, 3.8) is 0 Å². The monoisotopic (exact) mass is 484 g/mol. The predicted octanol–water partition coefficient (Wildman–Crippen LogP) is 5.82. The number of hydrogen-bond donors (Lipinski definition) is 1. The Morgan fingerprint density at radius 2 is 1.69 bits per heavy atom. The molecule has 0 unspecified atom stereocenters. The lowest BCUT2D eigenvalue weighted by Gasteiger charge is -2.27. The van der Waals surface area contributed by atoms with Crippen LogP contribution in [0.2, 0.25) is 0 Å². The van der Waals surface area contributed by atoms with Gasteiger partial charge in [0.05, 0.1) is 0 Å². The van der Waals surface area contributed by atoms with Crippen LogP contribution in [0.25, 0.3) is 22.9 Å². The highest BCUT2D eigenvalue weighted by atomic mass is 32.2. The Balaban J connectivity index is 1.28. The van der Waals surface area contributed by atoms with Crippen molar-refractivity contribution in [3.05, 3.63) is 89.0 Å². The molecule has 1 N–H and O–H groups in total. The van der Waals surface area contributed by atoms with Crippen LogP contribution in [0.3, 0.4) is 0 Å². The van der Waals surface area contributed by atoms with E-state index in [4.69, 9.17) is 4.42 Å². The summed E-state index contributed by atoms with van der Waals surface area (Å²) in [7, 11) is 0.